The van der Waals surface area contributed by atoms with Gasteiger partial charge in [-0.3, -0.25) is 9.99 Å². The Labute approximate surface area is 259 Å². The molecule has 11 heteroatoms. The van der Waals surface area contributed by atoms with Crippen LogP contribution < -0.4 is 26.9 Å². The molecule has 220 valence electrons. The van der Waals surface area contributed by atoms with Crippen molar-refractivity contribution in [2.24, 2.45) is 0 Å². The first-order valence-electron chi connectivity index (χ1n) is 14.0. The fourth-order valence-electron chi connectivity index (χ4n) is 5.70. The van der Waals surface area contributed by atoms with Crippen molar-refractivity contribution in [2.75, 3.05) is 17.2 Å². The first kappa shape index (κ1) is 29.0. The monoisotopic (exact) mass is 616 g/mol. The number of benzene rings is 3. The van der Waals surface area contributed by atoms with Crippen LogP contribution in [0.25, 0.3) is 10.9 Å². The van der Waals surface area contributed by atoms with Gasteiger partial charge < -0.3 is 21.4 Å². The average molecular weight is 618 g/mol. The molecule has 8 nitrogen and oxygen atoms in total. The van der Waals surface area contributed by atoms with Gasteiger partial charge in [0.05, 0.1) is 38.6 Å². The largest absolute Gasteiger partial charge is 0.373 e. The molecule has 2 aliphatic heterocycles. The summed E-state index contributed by atoms with van der Waals surface area (Å²) in [5.41, 5.74) is 11.4. The number of anilines is 3. The Hall–Kier alpha value is -4.07. The minimum Gasteiger partial charge on any atom is -0.373 e. The van der Waals surface area contributed by atoms with E-state index in [9.17, 15) is 9.65 Å². The van der Waals surface area contributed by atoms with Crippen molar-refractivity contribution in [2.45, 2.75) is 44.3 Å². The normalized spacial score (nSPS) is 18.5. The number of rotatable bonds is 7. The van der Waals surface area contributed by atoms with Crippen molar-refractivity contribution in [1.29, 1.82) is 5.26 Å². The molecule has 1 saturated heterocycles. The predicted molar refractivity (Wildman–Crippen MR) is 170 cm³/mol. The molecule has 0 radical (unpaired) electrons. The van der Waals surface area contributed by atoms with Gasteiger partial charge in [0.25, 0.3) is 0 Å². The maximum Gasteiger partial charge on any atom is 0.141 e. The highest BCUT2D eigenvalue weighted by Gasteiger charge is 2.33. The molecule has 2 atom stereocenters. The van der Waals surface area contributed by atoms with Crippen molar-refractivity contribution < 1.29 is 4.39 Å². The minimum atomic E-state index is -0.527. The highest BCUT2D eigenvalue weighted by Crippen LogP contribution is 2.37. The first-order valence-corrected chi connectivity index (χ1v) is 14.8. The van der Waals surface area contributed by atoms with Gasteiger partial charge in [-0.25, -0.2) is 4.39 Å². The lowest BCUT2D eigenvalue weighted by Gasteiger charge is -2.40. The van der Waals surface area contributed by atoms with Crippen LogP contribution in [-0.2, 0) is 0 Å². The number of piperidine rings is 1. The van der Waals surface area contributed by atoms with Gasteiger partial charge in [0.1, 0.15) is 11.9 Å². The third kappa shape index (κ3) is 6.19. The second-order valence-corrected chi connectivity index (χ2v) is 12.3. The lowest BCUT2D eigenvalue weighted by Crippen LogP contribution is -2.54. The fourth-order valence-corrected chi connectivity index (χ4v) is 6.15. The van der Waals surface area contributed by atoms with Crippen molar-refractivity contribution in [3.8, 4) is 6.07 Å². The summed E-state index contributed by atoms with van der Waals surface area (Å²) < 4.78 is 13.8. The summed E-state index contributed by atoms with van der Waals surface area (Å²) in [6, 6.07) is 20.5. The van der Waals surface area contributed by atoms with Crippen LogP contribution in [0.4, 0.5) is 21.5 Å². The molecule has 0 amide bonds. The van der Waals surface area contributed by atoms with Crippen LogP contribution >= 0.6 is 23.2 Å². The molecule has 0 aliphatic carbocycles. The number of pyridine rings is 1. The Morgan fingerprint density at radius 1 is 1.09 bits per heavy atom. The highest BCUT2D eigenvalue weighted by atomic mass is 35.5. The fraction of sp³-hybridized carbons (Fsp3) is 0.250. The number of hydrogen-bond acceptors (Lipinski definition) is 8. The van der Waals surface area contributed by atoms with Gasteiger partial charge in [-0.1, -0.05) is 53.5 Å². The Morgan fingerprint density at radius 2 is 1.88 bits per heavy atom. The number of hydrazine groups is 2. The molecule has 1 fully saturated rings. The van der Waals surface area contributed by atoms with E-state index in [4.69, 9.17) is 23.2 Å². The van der Waals surface area contributed by atoms with E-state index in [-0.39, 0.29) is 16.6 Å². The van der Waals surface area contributed by atoms with Gasteiger partial charge >= 0.3 is 0 Å². The van der Waals surface area contributed by atoms with Crippen molar-refractivity contribution in [1.82, 2.24) is 26.3 Å². The molecule has 6 rings (SSSR count). The summed E-state index contributed by atoms with van der Waals surface area (Å²) in [6.07, 6.45) is 5.62. The lowest BCUT2D eigenvalue weighted by molar-refractivity contribution is 0.120. The zero-order valence-corrected chi connectivity index (χ0v) is 25.2. The van der Waals surface area contributed by atoms with Crippen LogP contribution in [0.15, 0.2) is 78.8 Å². The number of nitrogens with zero attached hydrogens (tertiary/aromatic N) is 3. The second kappa shape index (κ2) is 11.9. The summed E-state index contributed by atoms with van der Waals surface area (Å²) >= 11 is 12.8. The summed E-state index contributed by atoms with van der Waals surface area (Å²) in [6.45, 7) is 5.41. The van der Waals surface area contributed by atoms with Crippen LogP contribution in [0.3, 0.4) is 0 Å². The molecular weight excluding hydrogens is 586 g/mol. The number of nitriles is 1. The Balaban J connectivity index is 1.37. The molecular formula is C32H31Cl2FN8. The number of halogens is 3. The van der Waals surface area contributed by atoms with Gasteiger partial charge in [-0.2, -0.15) is 5.26 Å². The molecule has 0 bridgehead atoms. The van der Waals surface area contributed by atoms with Crippen molar-refractivity contribution >= 4 is 51.2 Å². The molecule has 0 saturated carbocycles. The Morgan fingerprint density at radius 3 is 2.63 bits per heavy atom. The number of hydrogen-bond donors (Lipinski definition) is 5. The number of aromatic nitrogens is 1. The average Bonchev–Trinajstić information content (AvgIpc) is 3.48. The number of nitrogens with one attached hydrogen (secondary N) is 5. The number of fused-ring (bicyclic) bond motifs is 1. The van der Waals surface area contributed by atoms with E-state index in [1.807, 2.05) is 30.3 Å². The van der Waals surface area contributed by atoms with Gasteiger partial charge in [-0.15, -0.1) is 5.53 Å². The maximum absolute atomic E-state index is 13.8. The summed E-state index contributed by atoms with van der Waals surface area (Å²) in [5.74, 6) is -0.527. The third-order valence-corrected chi connectivity index (χ3v) is 8.39. The van der Waals surface area contributed by atoms with Gasteiger partial charge in [0.15, 0.2) is 0 Å². The molecule has 2 aliphatic rings. The van der Waals surface area contributed by atoms with Crippen LogP contribution in [0.1, 0.15) is 43.9 Å². The van der Waals surface area contributed by atoms with Crippen molar-refractivity contribution in [3.05, 3.63) is 106 Å². The van der Waals surface area contributed by atoms with Crippen LogP contribution in [-0.4, -0.2) is 28.1 Å². The van der Waals surface area contributed by atoms with E-state index >= 15 is 0 Å². The van der Waals surface area contributed by atoms with E-state index in [0.29, 0.717) is 38.9 Å². The molecule has 1 aromatic heterocycles. The Bertz CT molecular complexity index is 1740. The smallest absolute Gasteiger partial charge is 0.141 e. The molecule has 4 aromatic rings. The van der Waals surface area contributed by atoms with Gasteiger partial charge in [0, 0.05) is 40.7 Å². The van der Waals surface area contributed by atoms with E-state index in [1.165, 1.54) is 18.3 Å². The van der Waals surface area contributed by atoms with E-state index < -0.39 is 5.82 Å². The van der Waals surface area contributed by atoms with E-state index in [1.54, 1.807) is 6.07 Å². The summed E-state index contributed by atoms with van der Waals surface area (Å²) in [7, 11) is 0. The topological polar surface area (TPSA) is 100 Å². The SMILES string of the molecule is CC1(C)C[C@@H](N2C=C([C@H](Nc3cc(Cl)c4ncc(C#N)c(Nc5ccc(F)c(Cl)c5)c4c3)c3ccccc3)NN2)CCN1. The summed E-state index contributed by atoms with van der Waals surface area (Å²) in [5, 5.41) is 23.5. The minimum absolute atomic E-state index is 0.0268. The molecule has 0 unspecified atom stereocenters. The van der Waals surface area contributed by atoms with Crippen LogP contribution in [0.5, 0.6) is 0 Å². The maximum atomic E-state index is 13.8. The quantitative estimate of drug-likeness (QED) is 0.149. The third-order valence-electron chi connectivity index (χ3n) is 7.82. The molecule has 43 heavy (non-hydrogen) atoms. The first-order chi connectivity index (χ1) is 20.7. The second-order valence-electron chi connectivity index (χ2n) is 11.4. The Kier molecular flexibility index (Phi) is 8.03. The lowest BCUT2D eigenvalue weighted by atomic mass is 9.89. The van der Waals surface area contributed by atoms with Crippen LogP contribution in [0.2, 0.25) is 10.0 Å². The van der Waals surface area contributed by atoms with Crippen molar-refractivity contribution in [3.63, 3.8) is 0 Å². The van der Waals surface area contributed by atoms with E-state index in [0.717, 1.165) is 36.3 Å². The van der Waals surface area contributed by atoms with Gasteiger partial charge in [0.2, 0.25) is 0 Å². The predicted octanol–water partition coefficient (Wildman–Crippen LogP) is 7.15. The molecule has 3 heterocycles. The van der Waals surface area contributed by atoms with E-state index in [2.05, 4.69) is 75.2 Å². The molecule has 0 spiro atoms. The molecule has 5 N–H and O–H groups in total. The standard InChI is InChI=1S/C32H31Cl2FN8/c1-32(2)15-23(10-11-38-32)43-18-28(41-42-43)30(19-6-4-3-5-7-19)40-22-12-24-29(39-21-8-9-27(35)25(33)13-21)20(16-36)17-37-31(24)26(34)14-22/h3-9,12-14,17-18,23,30,38,40-42H,10-11,15H2,1-2H3,(H,37,39)/t23-,30+/m0/s1. The zero-order chi connectivity index (χ0) is 30.1. The highest BCUT2D eigenvalue weighted by molar-refractivity contribution is 6.36. The molecule has 3 aromatic carbocycles. The van der Waals surface area contributed by atoms with Crippen LogP contribution in [0, 0.1) is 17.1 Å². The zero-order valence-electron chi connectivity index (χ0n) is 23.7. The summed E-state index contributed by atoms with van der Waals surface area (Å²) in [4.78, 5) is 4.46. The van der Waals surface area contributed by atoms with Gasteiger partial charge in [-0.05, 0) is 69.1 Å².